The standard InChI is InChI=1S/C18H23Cl2N5O.HI/c1-21-18(25-10-14(12-26)13-5-3-2-4-6-13)23-8-7-22-17-16(20)9-15(19)11-24-17;/h2-6,9,11,14,26H,7-8,10,12H2,1H3,(H,22,24)(H2,21,23,25);1H. The van der Waals surface area contributed by atoms with E-state index in [-0.39, 0.29) is 36.5 Å². The molecule has 0 radical (unpaired) electrons. The number of rotatable bonds is 8. The van der Waals surface area contributed by atoms with Gasteiger partial charge in [-0.25, -0.2) is 4.98 Å². The van der Waals surface area contributed by atoms with E-state index in [0.717, 1.165) is 5.56 Å². The first-order valence-electron chi connectivity index (χ1n) is 8.29. The second kappa shape index (κ2) is 13.0. The van der Waals surface area contributed by atoms with Crippen LogP contribution < -0.4 is 16.0 Å². The maximum absolute atomic E-state index is 9.61. The van der Waals surface area contributed by atoms with E-state index in [1.807, 2.05) is 30.3 Å². The molecule has 0 bridgehead atoms. The van der Waals surface area contributed by atoms with Gasteiger partial charge in [0.05, 0.1) is 16.7 Å². The number of aliphatic hydroxyl groups excluding tert-OH is 1. The minimum atomic E-state index is 0. The summed E-state index contributed by atoms with van der Waals surface area (Å²) >= 11 is 11.9. The normalized spacial score (nSPS) is 12.1. The largest absolute Gasteiger partial charge is 0.396 e. The van der Waals surface area contributed by atoms with Gasteiger partial charge < -0.3 is 21.1 Å². The maximum Gasteiger partial charge on any atom is 0.191 e. The molecule has 2 aromatic rings. The Morgan fingerprint density at radius 3 is 2.56 bits per heavy atom. The summed E-state index contributed by atoms with van der Waals surface area (Å²) in [7, 11) is 1.71. The molecule has 0 saturated heterocycles. The van der Waals surface area contributed by atoms with Gasteiger partial charge in [-0.3, -0.25) is 4.99 Å². The van der Waals surface area contributed by atoms with Gasteiger partial charge in [0.15, 0.2) is 5.96 Å². The molecule has 0 spiro atoms. The number of hydrogen-bond acceptors (Lipinski definition) is 4. The predicted molar refractivity (Wildman–Crippen MR) is 124 cm³/mol. The predicted octanol–water partition coefficient (Wildman–Crippen LogP) is 3.36. The van der Waals surface area contributed by atoms with Gasteiger partial charge in [0, 0.05) is 38.8 Å². The van der Waals surface area contributed by atoms with Crippen LogP contribution in [0.25, 0.3) is 0 Å². The Balaban J connectivity index is 0.00000364. The number of aliphatic imine (C=N–C) groups is 1. The summed E-state index contributed by atoms with van der Waals surface area (Å²) < 4.78 is 0. The average Bonchev–Trinajstić information content (AvgIpc) is 2.66. The van der Waals surface area contributed by atoms with Crippen LogP contribution in [0.5, 0.6) is 0 Å². The molecule has 0 aliphatic rings. The molecule has 1 atom stereocenters. The first-order chi connectivity index (χ1) is 12.6. The zero-order valence-electron chi connectivity index (χ0n) is 15.0. The van der Waals surface area contributed by atoms with E-state index in [1.165, 1.54) is 0 Å². The SMILES string of the molecule is CN=C(NCCNc1ncc(Cl)cc1Cl)NCC(CO)c1ccccc1.I. The van der Waals surface area contributed by atoms with E-state index in [9.17, 15) is 5.11 Å². The van der Waals surface area contributed by atoms with Crippen LogP contribution >= 0.6 is 47.2 Å². The molecule has 1 heterocycles. The van der Waals surface area contributed by atoms with Crippen LogP contribution in [0, 0.1) is 0 Å². The van der Waals surface area contributed by atoms with Crippen molar-refractivity contribution in [3.05, 3.63) is 58.2 Å². The molecule has 6 nitrogen and oxygen atoms in total. The maximum atomic E-state index is 9.61. The number of anilines is 1. The molecule has 0 saturated carbocycles. The summed E-state index contributed by atoms with van der Waals surface area (Å²) in [6.45, 7) is 1.88. The number of aromatic nitrogens is 1. The highest BCUT2D eigenvalue weighted by atomic mass is 127. The molecule has 148 valence electrons. The fraction of sp³-hybridized carbons (Fsp3) is 0.333. The Labute approximate surface area is 186 Å². The Hall–Kier alpha value is -1.29. The molecule has 1 aromatic heterocycles. The molecule has 0 aliphatic carbocycles. The summed E-state index contributed by atoms with van der Waals surface area (Å²) in [5.41, 5.74) is 1.09. The summed E-state index contributed by atoms with van der Waals surface area (Å²) in [6, 6.07) is 11.5. The first kappa shape index (κ1) is 23.7. The van der Waals surface area contributed by atoms with Gasteiger partial charge >= 0.3 is 0 Å². The van der Waals surface area contributed by atoms with E-state index in [0.29, 0.717) is 41.5 Å². The number of nitrogens with zero attached hydrogens (tertiary/aromatic N) is 2. The minimum Gasteiger partial charge on any atom is -0.396 e. The number of halogens is 3. The van der Waals surface area contributed by atoms with E-state index in [2.05, 4.69) is 25.9 Å². The van der Waals surface area contributed by atoms with Gasteiger partial charge in [-0.1, -0.05) is 53.5 Å². The van der Waals surface area contributed by atoms with Gasteiger partial charge in [-0.2, -0.15) is 0 Å². The van der Waals surface area contributed by atoms with Gasteiger partial charge in [0.2, 0.25) is 0 Å². The van der Waals surface area contributed by atoms with Crippen molar-refractivity contribution < 1.29 is 5.11 Å². The summed E-state index contributed by atoms with van der Waals surface area (Å²) in [6.07, 6.45) is 1.54. The summed E-state index contributed by atoms with van der Waals surface area (Å²) in [5.74, 6) is 1.26. The zero-order chi connectivity index (χ0) is 18.8. The molecule has 0 amide bonds. The Kier molecular flexibility index (Phi) is 11.4. The highest BCUT2D eigenvalue weighted by Crippen LogP contribution is 2.22. The Morgan fingerprint density at radius 1 is 1.19 bits per heavy atom. The van der Waals surface area contributed by atoms with Crippen LogP contribution in [0.1, 0.15) is 11.5 Å². The lowest BCUT2D eigenvalue weighted by molar-refractivity contribution is 0.265. The smallest absolute Gasteiger partial charge is 0.191 e. The molecular formula is C18H24Cl2IN5O. The lowest BCUT2D eigenvalue weighted by atomic mass is 10.0. The molecule has 4 N–H and O–H groups in total. The second-order valence-electron chi connectivity index (χ2n) is 5.58. The fourth-order valence-electron chi connectivity index (χ4n) is 2.36. The second-order valence-corrected chi connectivity index (χ2v) is 6.42. The molecular weight excluding hydrogens is 500 g/mol. The third-order valence-corrected chi connectivity index (χ3v) is 4.24. The number of aliphatic hydroxyl groups is 1. The molecule has 0 fully saturated rings. The first-order valence-corrected chi connectivity index (χ1v) is 9.05. The van der Waals surface area contributed by atoms with Crippen molar-refractivity contribution in [3.8, 4) is 0 Å². The lowest BCUT2D eigenvalue weighted by Crippen LogP contribution is -2.41. The summed E-state index contributed by atoms with van der Waals surface area (Å²) in [5, 5.41) is 20.2. The van der Waals surface area contributed by atoms with Crippen molar-refractivity contribution in [2.75, 3.05) is 38.6 Å². The topological polar surface area (TPSA) is 81.6 Å². The van der Waals surface area contributed by atoms with Gasteiger partial charge in [-0.15, -0.1) is 24.0 Å². The molecule has 0 aliphatic heterocycles. The molecule has 1 unspecified atom stereocenters. The van der Waals surface area contributed by atoms with Crippen molar-refractivity contribution in [2.24, 2.45) is 4.99 Å². The van der Waals surface area contributed by atoms with E-state index in [1.54, 1.807) is 19.3 Å². The number of nitrogens with one attached hydrogen (secondary N) is 3. The van der Waals surface area contributed by atoms with Crippen molar-refractivity contribution in [1.82, 2.24) is 15.6 Å². The monoisotopic (exact) mass is 523 g/mol. The van der Waals surface area contributed by atoms with Gasteiger partial charge in [0.1, 0.15) is 5.82 Å². The lowest BCUT2D eigenvalue weighted by Gasteiger charge is -2.18. The molecule has 9 heteroatoms. The van der Waals surface area contributed by atoms with E-state index in [4.69, 9.17) is 23.2 Å². The van der Waals surface area contributed by atoms with Crippen LogP contribution in [0.4, 0.5) is 5.82 Å². The average molecular weight is 524 g/mol. The van der Waals surface area contributed by atoms with Crippen LogP contribution in [0.2, 0.25) is 10.0 Å². The molecule has 1 aromatic carbocycles. The van der Waals surface area contributed by atoms with Crippen molar-refractivity contribution >= 4 is 59.0 Å². The van der Waals surface area contributed by atoms with E-state index < -0.39 is 0 Å². The number of hydrogen-bond donors (Lipinski definition) is 4. The summed E-state index contributed by atoms with van der Waals surface area (Å²) in [4.78, 5) is 8.33. The fourth-order valence-corrected chi connectivity index (χ4v) is 2.81. The molecule has 2 rings (SSSR count). The third-order valence-electron chi connectivity index (χ3n) is 3.75. The molecule has 27 heavy (non-hydrogen) atoms. The quantitative estimate of drug-likeness (QED) is 0.185. The van der Waals surface area contributed by atoms with Crippen molar-refractivity contribution in [2.45, 2.75) is 5.92 Å². The Bertz CT molecular complexity index is 718. The minimum absolute atomic E-state index is 0. The van der Waals surface area contributed by atoms with E-state index >= 15 is 0 Å². The number of guanidine groups is 1. The third kappa shape index (κ3) is 8.08. The number of benzene rings is 1. The van der Waals surface area contributed by atoms with Gasteiger partial charge in [-0.05, 0) is 11.6 Å². The highest BCUT2D eigenvalue weighted by Gasteiger charge is 2.10. The van der Waals surface area contributed by atoms with Gasteiger partial charge in [0.25, 0.3) is 0 Å². The Morgan fingerprint density at radius 2 is 1.93 bits per heavy atom. The zero-order valence-corrected chi connectivity index (χ0v) is 18.8. The van der Waals surface area contributed by atoms with Crippen LogP contribution in [0.3, 0.4) is 0 Å². The van der Waals surface area contributed by atoms with Crippen LogP contribution in [-0.4, -0.2) is 49.3 Å². The highest BCUT2D eigenvalue weighted by molar-refractivity contribution is 14.0. The van der Waals surface area contributed by atoms with Crippen molar-refractivity contribution in [3.63, 3.8) is 0 Å². The van der Waals surface area contributed by atoms with Crippen molar-refractivity contribution in [1.29, 1.82) is 0 Å². The van der Waals surface area contributed by atoms with Crippen LogP contribution in [-0.2, 0) is 0 Å². The van der Waals surface area contributed by atoms with Crippen LogP contribution in [0.15, 0.2) is 47.6 Å². The number of pyridine rings is 1.